The van der Waals surface area contributed by atoms with Crippen LogP contribution in [0.3, 0.4) is 0 Å². The van der Waals surface area contributed by atoms with Gasteiger partial charge in [0.05, 0.1) is 5.39 Å². The van der Waals surface area contributed by atoms with Gasteiger partial charge in [-0.3, -0.25) is 0 Å². The summed E-state index contributed by atoms with van der Waals surface area (Å²) >= 11 is 0. The Morgan fingerprint density at radius 1 is 1.30 bits per heavy atom. The lowest BCUT2D eigenvalue weighted by Crippen LogP contribution is -2.27. The molecule has 0 bridgehead atoms. The molecule has 23 heavy (non-hydrogen) atoms. The lowest BCUT2D eigenvalue weighted by molar-refractivity contribution is -0.191. The zero-order chi connectivity index (χ0) is 16.2. The van der Waals surface area contributed by atoms with Crippen molar-refractivity contribution in [3.05, 3.63) is 31.2 Å². The first-order chi connectivity index (χ1) is 11.0. The van der Waals surface area contributed by atoms with E-state index in [1.165, 1.54) is 6.33 Å². The van der Waals surface area contributed by atoms with E-state index in [-0.39, 0.29) is 24.5 Å². The van der Waals surface area contributed by atoms with Crippen LogP contribution in [0.5, 0.6) is 0 Å². The van der Waals surface area contributed by atoms with E-state index < -0.39 is 5.79 Å². The molecule has 4 atom stereocenters. The number of hydrogen-bond acceptors (Lipinski definition) is 6. The van der Waals surface area contributed by atoms with Crippen molar-refractivity contribution in [1.29, 1.82) is 0 Å². The fourth-order valence-corrected chi connectivity index (χ4v) is 3.40. The highest BCUT2D eigenvalue weighted by molar-refractivity contribution is 5.87. The Morgan fingerprint density at radius 3 is 2.83 bits per heavy atom. The van der Waals surface area contributed by atoms with Crippen molar-refractivity contribution >= 4 is 16.9 Å². The van der Waals surface area contributed by atoms with Gasteiger partial charge in [0.15, 0.2) is 12.0 Å². The van der Waals surface area contributed by atoms with Gasteiger partial charge in [-0.15, -0.1) is 6.58 Å². The molecular weight excluding hydrogens is 296 g/mol. The lowest BCUT2D eigenvalue weighted by atomic mass is 10.1. The second-order valence-corrected chi connectivity index (χ2v) is 6.22. The maximum atomic E-state index is 6.11. The SMILES string of the molecule is C=C[C@H]1O[C@@H](n2ccc3c(NC)ncnc32)[C@@H]2OC(C)(C)O[C@@H]21. The smallest absolute Gasteiger partial charge is 0.165 e. The minimum atomic E-state index is -0.632. The highest BCUT2D eigenvalue weighted by Gasteiger charge is 2.55. The molecule has 0 spiro atoms. The predicted octanol–water partition coefficient (Wildman–Crippen LogP) is 2.08. The normalized spacial score (nSPS) is 32.1. The van der Waals surface area contributed by atoms with Crippen LogP contribution < -0.4 is 5.32 Å². The Morgan fingerprint density at radius 2 is 2.09 bits per heavy atom. The zero-order valence-electron chi connectivity index (χ0n) is 13.4. The number of nitrogens with one attached hydrogen (secondary N) is 1. The van der Waals surface area contributed by atoms with Gasteiger partial charge in [0.1, 0.15) is 36.1 Å². The first-order valence-electron chi connectivity index (χ1n) is 7.67. The quantitative estimate of drug-likeness (QED) is 0.874. The van der Waals surface area contributed by atoms with Crippen LogP contribution in [0.25, 0.3) is 11.0 Å². The molecule has 4 rings (SSSR count). The molecule has 4 heterocycles. The van der Waals surface area contributed by atoms with Crippen LogP contribution in [0.4, 0.5) is 5.82 Å². The molecule has 7 nitrogen and oxygen atoms in total. The molecule has 2 aromatic rings. The molecule has 122 valence electrons. The molecule has 7 heteroatoms. The Kier molecular flexibility index (Phi) is 3.19. The number of anilines is 1. The second kappa shape index (κ2) is 5.02. The van der Waals surface area contributed by atoms with E-state index in [9.17, 15) is 0 Å². The van der Waals surface area contributed by atoms with Gasteiger partial charge in [-0.05, 0) is 19.9 Å². The van der Waals surface area contributed by atoms with E-state index in [1.54, 1.807) is 6.08 Å². The highest BCUT2D eigenvalue weighted by Crippen LogP contribution is 2.44. The van der Waals surface area contributed by atoms with Crippen LogP contribution in [-0.4, -0.2) is 45.7 Å². The Hall–Kier alpha value is -1.96. The van der Waals surface area contributed by atoms with Crippen LogP contribution in [0.15, 0.2) is 31.2 Å². The van der Waals surface area contributed by atoms with Crippen molar-refractivity contribution in [2.45, 2.75) is 44.2 Å². The summed E-state index contributed by atoms with van der Waals surface area (Å²) in [4.78, 5) is 8.64. The topological polar surface area (TPSA) is 70.4 Å². The number of ether oxygens (including phenoxy) is 3. The van der Waals surface area contributed by atoms with Gasteiger partial charge in [0.2, 0.25) is 0 Å². The second-order valence-electron chi connectivity index (χ2n) is 6.22. The van der Waals surface area contributed by atoms with E-state index in [4.69, 9.17) is 14.2 Å². The maximum Gasteiger partial charge on any atom is 0.165 e. The summed E-state index contributed by atoms with van der Waals surface area (Å²) in [6, 6.07) is 1.97. The van der Waals surface area contributed by atoms with Gasteiger partial charge in [-0.25, -0.2) is 9.97 Å². The highest BCUT2D eigenvalue weighted by atomic mass is 16.8. The molecule has 0 saturated carbocycles. The molecule has 2 fully saturated rings. The van der Waals surface area contributed by atoms with Crippen molar-refractivity contribution in [3.8, 4) is 0 Å². The Balaban J connectivity index is 1.77. The van der Waals surface area contributed by atoms with Gasteiger partial charge < -0.3 is 24.1 Å². The molecular formula is C16H20N4O3. The number of nitrogens with zero attached hydrogens (tertiary/aromatic N) is 3. The number of hydrogen-bond donors (Lipinski definition) is 1. The Bertz CT molecular complexity index is 757. The fourth-order valence-electron chi connectivity index (χ4n) is 3.40. The van der Waals surface area contributed by atoms with Crippen molar-refractivity contribution < 1.29 is 14.2 Å². The average molecular weight is 316 g/mol. The zero-order valence-corrected chi connectivity index (χ0v) is 13.4. The first kappa shape index (κ1) is 14.6. The van der Waals surface area contributed by atoms with Crippen LogP contribution in [-0.2, 0) is 14.2 Å². The monoisotopic (exact) mass is 316 g/mol. The third-order valence-electron chi connectivity index (χ3n) is 4.32. The molecule has 1 N–H and O–H groups in total. The largest absolute Gasteiger partial charge is 0.372 e. The summed E-state index contributed by atoms with van der Waals surface area (Å²) in [5, 5.41) is 4.02. The third kappa shape index (κ3) is 2.15. The fraction of sp³-hybridized carbons (Fsp3) is 0.500. The van der Waals surface area contributed by atoms with E-state index >= 15 is 0 Å². The summed E-state index contributed by atoms with van der Waals surface area (Å²) in [7, 11) is 1.84. The van der Waals surface area contributed by atoms with E-state index in [0.717, 1.165) is 16.9 Å². The van der Waals surface area contributed by atoms with Crippen molar-refractivity contribution in [2.24, 2.45) is 0 Å². The van der Waals surface area contributed by atoms with Crippen LogP contribution in [0.2, 0.25) is 0 Å². The van der Waals surface area contributed by atoms with Gasteiger partial charge in [-0.1, -0.05) is 6.08 Å². The first-order valence-corrected chi connectivity index (χ1v) is 7.67. The molecule has 0 aromatic carbocycles. The van der Waals surface area contributed by atoms with Gasteiger partial charge in [0, 0.05) is 13.2 Å². The van der Waals surface area contributed by atoms with Crippen LogP contribution in [0.1, 0.15) is 20.1 Å². The summed E-state index contributed by atoms with van der Waals surface area (Å²) < 4.78 is 20.1. The number of rotatable bonds is 3. The van der Waals surface area contributed by atoms with Gasteiger partial charge >= 0.3 is 0 Å². The lowest BCUT2D eigenvalue weighted by Gasteiger charge is -2.24. The van der Waals surface area contributed by atoms with Gasteiger partial charge in [-0.2, -0.15) is 0 Å². The third-order valence-corrected chi connectivity index (χ3v) is 4.32. The minimum Gasteiger partial charge on any atom is -0.372 e. The van der Waals surface area contributed by atoms with Crippen molar-refractivity contribution in [1.82, 2.24) is 14.5 Å². The Labute approximate surface area is 134 Å². The van der Waals surface area contributed by atoms with E-state index in [2.05, 4.69) is 21.9 Å². The predicted molar refractivity (Wildman–Crippen MR) is 85.0 cm³/mol. The summed E-state index contributed by atoms with van der Waals surface area (Å²) in [6.07, 6.45) is 4.34. The molecule has 0 aliphatic carbocycles. The van der Waals surface area contributed by atoms with Crippen LogP contribution in [0, 0.1) is 0 Å². The molecule has 0 unspecified atom stereocenters. The standard InChI is InChI=1S/C16H20N4O3/c1-5-10-11-12(23-16(2,3)22-11)15(21-10)20-7-6-9-13(17-4)18-8-19-14(9)20/h5-8,10-12,15H,1H2,2-4H3,(H,17,18,19)/t10-,11-,12-,15-/m1/s1. The maximum absolute atomic E-state index is 6.11. The number of fused-ring (bicyclic) bond motifs is 2. The van der Waals surface area contributed by atoms with E-state index in [0.29, 0.717) is 0 Å². The van der Waals surface area contributed by atoms with Crippen LogP contribution >= 0.6 is 0 Å². The average Bonchev–Trinajstić information content (AvgIpc) is 3.17. The molecule has 0 amide bonds. The molecule has 2 aromatic heterocycles. The summed E-state index contributed by atoms with van der Waals surface area (Å²) in [5.74, 6) is 0.152. The molecule has 2 saturated heterocycles. The molecule has 0 radical (unpaired) electrons. The minimum absolute atomic E-state index is 0.171. The summed E-state index contributed by atoms with van der Waals surface area (Å²) in [6.45, 7) is 7.68. The van der Waals surface area contributed by atoms with E-state index in [1.807, 2.05) is 37.7 Å². The van der Waals surface area contributed by atoms with Crippen molar-refractivity contribution in [2.75, 3.05) is 12.4 Å². The number of aromatic nitrogens is 3. The summed E-state index contributed by atoms with van der Waals surface area (Å²) in [5.41, 5.74) is 0.797. The molecule has 2 aliphatic rings. The molecule has 2 aliphatic heterocycles. The van der Waals surface area contributed by atoms with Crippen molar-refractivity contribution in [3.63, 3.8) is 0 Å². The van der Waals surface area contributed by atoms with Gasteiger partial charge in [0.25, 0.3) is 0 Å².